The number of hydrogen-bond donors (Lipinski definition) is 2. The molecule has 0 saturated heterocycles. The number of ether oxygens (including phenoxy) is 1. The quantitative estimate of drug-likeness (QED) is 0.261. The summed E-state index contributed by atoms with van der Waals surface area (Å²) in [6.45, 7) is 0.230. The molecule has 0 aliphatic carbocycles. The fourth-order valence-corrected chi connectivity index (χ4v) is 0.258. The van der Waals surface area contributed by atoms with Crippen LogP contribution in [0.25, 0.3) is 0 Å². The van der Waals surface area contributed by atoms with Crippen LogP contribution in [0, 0.1) is 0 Å². The second kappa shape index (κ2) is 6.58. The van der Waals surface area contributed by atoms with Gasteiger partial charge in [0.2, 0.25) is 0 Å². The fraction of sp³-hybridized carbons (Fsp3) is 1.00. The second-order valence-electron chi connectivity index (χ2n) is 0.698. The van der Waals surface area contributed by atoms with Gasteiger partial charge in [-0.3, -0.25) is 8.37 Å². The summed E-state index contributed by atoms with van der Waals surface area (Å²) in [4.78, 5) is 0. The lowest BCUT2D eigenvalue weighted by Crippen LogP contribution is -1.94. The van der Waals surface area contributed by atoms with E-state index in [4.69, 9.17) is 0 Å². The van der Waals surface area contributed by atoms with E-state index in [0.717, 1.165) is 0 Å². The van der Waals surface area contributed by atoms with Gasteiger partial charge in [0.05, 0.1) is 0 Å². The molecule has 7 heavy (non-hydrogen) atoms. The van der Waals surface area contributed by atoms with Gasteiger partial charge in [-0.05, 0) is 25.8 Å². The van der Waals surface area contributed by atoms with Crippen LogP contribution >= 0.6 is 25.8 Å². The third-order valence-corrected chi connectivity index (χ3v) is 0.483. The average Bonchev–Trinajstić information content (AvgIpc) is 1.69. The van der Waals surface area contributed by atoms with E-state index in [2.05, 4.69) is 38.9 Å². The topological polar surface area (TPSA) is 27.7 Å². The Bertz CT molecular complexity index is 30.1. The monoisotopic (exact) mass is 142 g/mol. The smallest absolute Gasteiger partial charge is 0.162 e. The molecule has 0 aromatic carbocycles. The van der Waals surface area contributed by atoms with Gasteiger partial charge in [-0.15, -0.1) is 0 Å². The van der Waals surface area contributed by atoms with Crippen molar-refractivity contribution >= 4 is 25.8 Å². The van der Waals surface area contributed by atoms with Crippen LogP contribution in [-0.2, 0) is 13.1 Å². The van der Waals surface area contributed by atoms with Crippen molar-refractivity contribution in [3.8, 4) is 0 Å². The predicted octanol–water partition coefficient (Wildman–Crippen LogP) is 0.641. The summed E-state index contributed by atoms with van der Waals surface area (Å²) in [6.07, 6.45) is 0. The van der Waals surface area contributed by atoms with E-state index in [1.54, 1.807) is 0 Å². The molecular formula is C2H6O3S2. The molecule has 0 aliphatic heterocycles. The van der Waals surface area contributed by atoms with Crippen molar-refractivity contribution in [2.24, 2.45) is 0 Å². The Kier molecular flexibility index (Phi) is 7.13. The highest BCUT2D eigenvalue weighted by Gasteiger charge is 1.78. The minimum Gasteiger partial charge on any atom is -0.327 e. The first-order valence-electron chi connectivity index (χ1n) is 1.52. The third-order valence-electron chi connectivity index (χ3n) is 0.272. The third kappa shape index (κ3) is 6.58. The van der Waals surface area contributed by atoms with Crippen molar-refractivity contribution in [3.05, 3.63) is 0 Å². The van der Waals surface area contributed by atoms with E-state index in [1.807, 2.05) is 0 Å². The first-order chi connectivity index (χ1) is 3.41. The zero-order valence-corrected chi connectivity index (χ0v) is 5.32. The highest BCUT2D eigenvalue weighted by atomic mass is 32.1. The van der Waals surface area contributed by atoms with Crippen LogP contribution in [0.4, 0.5) is 0 Å². The number of hydrogen-bond acceptors (Lipinski definition) is 5. The van der Waals surface area contributed by atoms with E-state index >= 15 is 0 Å². The molecule has 0 bridgehead atoms. The van der Waals surface area contributed by atoms with Crippen molar-refractivity contribution < 1.29 is 13.1 Å². The first kappa shape index (κ1) is 7.58. The molecule has 5 heteroatoms. The Morgan fingerprint density at radius 2 is 1.43 bits per heavy atom. The van der Waals surface area contributed by atoms with Crippen LogP contribution in [0.3, 0.4) is 0 Å². The van der Waals surface area contributed by atoms with Gasteiger partial charge in [0, 0.05) is 0 Å². The molecule has 0 saturated carbocycles. The molecule has 0 aromatic rings. The molecule has 0 atom stereocenters. The molecule has 0 radical (unpaired) electrons. The van der Waals surface area contributed by atoms with Crippen molar-refractivity contribution in [2.75, 3.05) is 13.6 Å². The summed E-state index contributed by atoms with van der Waals surface area (Å²) in [7, 11) is 0. The Balaban J connectivity index is 2.45. The lowest BCUT2D eigenvalue weighted by Gasteiger charge is -1.95. The zero-order valence-electron chi connectivity index (χ0n) is 3.53. The van der Waals surface area contributed by atoms with Crippen LogP contribution in [0.5, 0.6) is 0 Å². The summed E-state index contributed by atoms with van der Waals surface area (Å²) in [5.41, 5.74) is 0. The normalized spacial score (nSPS) is 9.43. The average molecular weight is 142 g/mol. The molecule has 0 rings (SSSR count). The van der Waals surface area contributed by atoms with Crippen LogP contribution in [-0.4, -0.2) is 13.6 Å². The lowest BCUT2D eigenvalue weighted by molar-refractivity contribution is -0.0365. The van der Waals surface area contributed by atoms with Gasteiger partial charge in [0.15, 0.2) is 13.6 Å². The number of rotatable bonds is 4. The maximum absolute atomic E-state index is 4.53. The molecule has 3 nitrogen and oxygen atoms in total. The van der Waals surface area contributed by atoms with Gasteiger partial charge in [-0.25, -0.2) is 0 Å². The van der Waals surface area contributed by atoms with Crippen molar-refractivity contribution in [3.63, 3.8) is 0 Å². The number of thiol groups is 2. The minimum atomic E-state index is 0.115. The zero-order chi connectivity index (χ0) is 5.54. The van der Waals surface area contributed by atoms with Crippen molar-refractivity contribution in [1.82, 2.24) is 0 Å². The standard InChI is InChI=1S/C2H6O3S2/c6-4-1-3-2-5-7/h6-7H,1-2H2. The van der Waals surface area contributed by atoms with Gasteiger partial charge in [-0.1, -0.05) is 0 Å². The highest BCUT2D eigenvalue weighted by molar-refractivity contribution is 7.75. The molecule has 0 unspecified atom stereocenters. The Morgan fingerprint density at radius 1 is 1.00 bits per heavy atom. The van der Waals surface area contributed by atoms with Crippen LogP contribution in [0.15, 0.2) is 0 Å². The van der Waals surface area contributed by atoms with Gasteiger partial charge in [0.25, 0.3) is 0 Å². The summed E-state index contributed by atoms with van der Waals surface area (Å²) in [5.74, 6) is 0. The minimum absolute atomic E-state index is 0.115. The largest absolute Gasteiger partial charge is 0.327 e. The fourth-order valence-electron chi connectivity index (χ4n) is 0.109. The Labute approximate surface area is 53.2 Å². The van der Waals surface area contributed by atoms with Gasteiger partial charge >= 0.3 is 0 Å². The molecule has 0 spiro atoms. The first-order valence-corrected chi connectivity index (χ1v) is 2.25. The summed E-state index contributed by atoms with van der Waals surface area (Å²) < 4.78 is 12.9. The molecule has 0 N–H and O–H groups in total. The van der Waals surface area contributed by atoms with E-state index in [1.165, 1.54) is 0 Å². The van der Waals surface area contributed by atoms with Gasteiger partial charge in [0.1, 0.15) is 0 Å². The second-order valence-corrected chi connectivity index (χ2v) is 1.21. The van der Waals surface area contributed by atoms with Crippen LogP contribution in [0.1, 0.15) is 0 Å². The Morgan fingerprint density at radius 3 is 1.71 bits per heavy atom. The molecule has 0 aliphatic rings. The molecule has 0 aromatic heterocycles. The van der Waals surface area contributed by atoms with E-state index in [-0.39, 0.29) is 13.6 Å². The lowest BCUT2D eigenvalue weighted by atomic mass is 11.4. The van der Waals surface area contributed by atoms with Crippen LogP contribution < -0.4 is 0 Å². The van der Waals surface area contributed by atoms with Crippen LogP contribution in [0.2, 0.25) is 0 Å². The van der Waals surface area contributed by atoms with E-state index in [0.29, 0.717) is 0 Å². The molecular weight excluding hydrogens is 136 g/mol. The SMILES string of the molecule is SOCOCOS. The van der Waals surface area contributed by atoms with Gasteiger partial charge in [-0.2, -0.15) is 0 Å². The summed E-state index contributed by atoms with van der Waals surface area (Å²) >= 11 is 6.78. The maximum atomic E-state index is 4.53. The van der Waals surface area contributed by atoms with E-state index < -0.39 is 0 Å². The van der Waals surface area contributed by atoms with E-state index in [9.17, 15) is 0 Å². The van der Waals surface area contributed by atoms with Gasteiger partial charge < -0.3 is 4.74 Å². The molecule has 44 valence electrons. The van der Waals surface area contributed by atoms with Crippen molar-refractivity contribution in [1.29, 1.82) is 0 Å². The molecule has 0 fully saturated rings. The highest BCUT2D eigenvalue weighted by Crippen LogP contribution is 1.82. The maximum Gasteiger partial charge on any atom is 0.162 e. The van der Waals surface area contributed by atoms with Crippen molar-refractivity contribution in [2.45, 2.75) is 0 Å². The summed E-state index contributed by atoms with van der Waals surface area (Å²) in [5, 5.41) is 0. The Hall–Kier alpha value is 0.580. The molecule has 0 heterocycles. The summed E-state index contributed by atoms with van der Waals surface area (Å²) in [6, 6.07) is 0. The molecule has 0 amide bonds. The predicted molar refractivity (Wildman–Crippen MR) is 31.0 cm³/mol.